The van der Waals surface area contributed by atoms with E-state index in [9.17, 15) is 0 Å². The molecule has 70 valence electrons. The van der Waals surface area contributed by atoms with Gasteiger partial charge in [0.15, 0.2) is 0 Å². The molecule has 0 aromatic heterocycles. The van der Waals surface area contributed by atoms with Crippen molar-refractivity contribution in [2.45, 2.75) is 6.42 Å². The van der Waals surface area contributed by atoms with Crippen LogP contribution < -0.4 is 0 Å². The molecule has 0 saturated carbocycles. The van der Waals surface area contributed by atoms with Crippen molar-refractivity contribution >= 4 is 28.4 Å². The van der Waals surface area contributed by atoms with Gasteiger partial charge in [-0.05, 0) is 24.0 Å². The molecule has 0 heterocycles. The zero-order chi connectivity index (χ0) is 9.68. The summed E-state index contributed by atoms with van der Waals surface area (Å²) >= 11 is 7.47. The maximum absolute atomic E-state index is 5.78. The molecule has 0 atom stereocenters. The van der Waals surface area contributed by atoms with Crippen LogP contribution in [0, 0.1) is 0 Å². The van der Waals surface area contributed by atoms with Crippen LogP contribution in [0.2, 0.25) is 5.02 Å². The average molecular weight is 214 g/mol. The first-order valence-corrected chi connectivity index (χ1v) is 5.60. The summed E-state index contributed by atoms with van der Waals surface area (Å²) in [5.74, 6) is 0. The van der Waals surface area contributed by atoms with E-state index >= 15 is 0 Å². The highest BCUT2D eigenvalue weighted by atomic mass is 35.5. The van der Waals surface area contributed by atoms with Gasteiger partial charge in [-0.3, -0.25) is 4.99 Å². The van der Waals surface area contributed by atoms with E-state index in [1.807, 2.05) is 37.6 Å². The summed E-state index contributed by atoms with van der Waals surface area (Å²) in [6.07, 6.45) is 2.94. The van der Waals surface area contributed by atoms with Crippen molar-refractivity contribution in [1.82, 2.24) is 0 Å². The quantitative estimate of drug-likeness (QED) is 0.543. The first kappa shape index (κ1) is 10.6. The van der Waals surface area contributed by atoms with Gasteiger partial charge in [0.2, 0.25) is 0 Å². The van der Waals surface area contributed by atoms with Crippen molar-refractivity contribution in [2.24, 2.45) is 4.99 Å². The molecule has 0 N–H and O–H groups in total. The van der Waals surface area contributed by atoms with E-state index in [0.29, 0.717) is 0 Å². The minimum atomic E-state index is 0.780. The molecule has 0 radical (unpaired) electrons. The molecule has 1 aromatic carbocycles. The molecule has 3 heteroatoms. The number of hydrogen-bond donors (Lipinski definition) is 0. The Morgan fingerprint density at radius 2 is 2.00 bits per heavy atom. The molecule has 0 saturated heterocycles. The molecule has 0 aliphatic carbocycles. The molecular formula is C10H12ClNS. The third-order valence-corrected chi connectivity index (χ3v) is 2.80. The van der Waals surface area contributed by atoms with Crippen molar-refractivity contribution in [3.8, 4) is 0 Å². The van der Waals surface area contributed by atoms with Gasteiger partial charge in [-0.2, -0.15) is 0 Å². The lowest BCUT2D eigenvalue weighted by Crippen LogP contribution is -1.96. The van der Waals surface area contributed by atoms with Gasteiger partial charge in [-0.1, -0.05) is 23.7 Å². The standard InChI is InChI=1S/C10H12ClNS/c1-12-10(13-2)7-8-3-5-9(11)6-4-8/h3-6H,7H2,1-2H3. The number of benzene rings is 1. The van der Waals surface area contributed by atoms with Gasteiger partial charge >= 0.3 is 0 Å². The number of rotatable bonds is 2. The smallest absolute Gasteiger partial charge is 0.0713 e. The first-order chi connectivity index (χ1) is 6.26. The molecule has 0 bridgehead atoms. The Labute approximate surface area is 88.2 Å². The fraction of sp³-hybridized carbons (Fsp3) is 0.300. The molecule has 1 nitrogen and oxygen atoms in total. The van der Waals surface area contributed by atoms with Gasteiger partial charge < -0.3 is 0 Å². The van der Waals surface area contributed by atoms with Gasteiger partial charge in [0.25, 0.3) is 0 Å². The lowest BCUT2D eigenvalue weighted by Gasteiger charge is -2.02. The highest BCUT2D eigenvalue weighted by Crippen LogP contribution is 2.12. The van der Waals surface area contributed by atoms with E-state index in [0.717, 1.165) is 16.5 Å². The number of hydrogen-bond acceptors (Lipinski definition) is 2. The Balaban J connectivity index is 2.69. The van der Waals surface area contributed by atoms with Gasteiger partial charge in [-0.15, -0.1) is 11.8 Å². The predicted molar refractivity (Wildman–Crippen MR) is 62.0 cm³/mol. The van der Waals surface area contributed by atoms with E-state index in [1.54, 1.807) is 11.8 Å². The zero-order valence-corrected chi connectivity index (χ0v) is 9.32. The Kier molecular flexibility index (Phi) is 4.33. The van der Waals surface area contributed by atoms with Crippen molar-refractivity contribution in [3.63, 3.8) is 0 Å². The Hall–Kier alpha value is -0.470. The fourth-order valence-electron chi connectivity index (χ4n) is 1.02. The summed E-state index contributed by atoms with van der Waals surface area (Å²) < 4.78 is 0. The summed E-state index contributed by atoms with van der Waals surface area (Å²) in [7, 11) is 1.82. The van der Waals surface area contributed by atoms with Crippen LogP contribution in [0.5, 0.6) is 0 Å². The van der Waals surface area contributed by atoms with Crippen LogP contribution in [0.15, 0.2) is 29.3 Å². The van der Waals surface area contributed by atoms with Crippen LogP contribution in [0.4, 0.5) is 0 Å². The maximum Gasteiger partial charge on any atom is 0.0713 e. The summed E-state index contributed by atoms with van der Waals surface area (Å²) in [5.41, 5.74) is 1.25. The van der Waals surface area contributed by atoms with Crippen LogP contribution in [0.1, 0.15) is 5.56 Å². The number of nitrogens with zero attached hydrogens (tertiary/aromatic N) is 1. The van der Waals surface area contributed by atoms with Crippen molar-refractivity contribution in [1.29, 1.82) is 0 Å². The molecule has 0 unspecified atom stereocenters. The molecule has 0 amide bonds. The Morgan fingerprint density at radius 1 is 1.38 bits per heavy atom. The van der Waals surface area contributed by atoms with Crippen molar-refractivity contribution < 1.29 is 0 Å². The largest absolute Gasteiger partial charge is 0.286 e. The normalized spacial score (nSPS) is 11.8. The highest BCUT2D eigenvalue weighted by molar-refractivity contribution is 8.13. The van der Waals surface area contributed by atoms with Crippen LogP contribution in [-0.4, -0.2) is 18.3 Å². The molecule has 0 fully saturated rings. The fourth-order valence-corrected chi connectivity index (χ4v) is 1.64. The topological polar surface area (TPSA) is 12.4 Å². The molecule has 13 heavy (non-hydrogen) atoms. The molecular weight excluding hydrogens is 202 g/mol. The average Bonchev–Trinajstić information content (AvgIpc) is 2.17. The second-order valence-electron chi connectivity index (χ2n) is 2.62. The number of halogens is 1. The van der Waals surface area contributed by atoms with Crippen molar-refractivity contribution in [3.05, 3.63) is 34.9 Å². The van der Waals surface area contributed by atoms with Gasteiger partial charge in [0.1, 0.15) is 0 Å². The third-order valence-electron chi connectivity index (χ3n) is 1.75. The van der Waals surface area contributed by atoms with E-state index in [4.69, 9.17) is 11.6 Å². The van der Waals surface area contributed by atoms with Crippen LogP contribution in [0.3, 0.4) is 0 Å². The number of aliphatic imine (C=N–C) groups is 1. The van der Waals surface area contributed by atoms with Crippen LogP contribution in [0.25, 0.3) is 0 Å². The SMILES string of the molecule is CN=C(Cc1ccc(Cl)cc1)SC. The predicted octanol–water partition coefficient (Wildman–Crippen LogP) is 3.27. The van der Waals surface area contributed by atoms with E-state index in [1.165, 1.54) is 5.56 Å². The lowest BCUT2D eigenvalue weighted by atomic mass is 10.2. The van der Waals surface area contributed by atoms with Gasteiger partial charge in [0.05, 0.1) is 5.04 Å². The second kappa shape index (κ2) is 5.30. The summed E-state index contributed by atoms with van der Waals surface area (Å²) in [5, 5.41) is 1.92. The molecule has 1 rings (SSSR count). The minimum Gasteiger partial charge on any atom is -0.286 e. The lowest BCUT2D eigenvalue weighted by molar-refractivity contribution is 1.31. The third kappa shape index (κ3) is 3.41. The molecule has 0 spiro atoms. The van der Waals surface area contributed by atoms with Gasteiger partial charge in [0, 0.05) is 18.5 Å². The Bertz CT molecular complexity index is 292. The van der Waals surface area contributed by atoms with Gasteiger partial charge in [-0.25, -0.2) is 0 Å². The first-order valence-electron chi connectivity index (χ1n) is 4.00. The molecule has 1 aromatic rings. The summed E-state index contributed by atoms with van der Waals surface area (Å²) in [6.45, 7) is 0. The summed E-state index contributed by atoms with van der Waals surface area (Å²) in [6, 6.07) is 7.88. The van der Waals surface area contributed by atoms with E-state index in [2.05, 4.69) is 4.99 Å². The zero-order valence-electron chi connectivity index (χ0n) is 7.75. The minimum absolute atomic E-state index is 0.780. The molecule has 0 aliphatic rings. The maximum atomic E-state index is 5.78. The second-order valence-corrected chi connectivity index (χ2v) is 3.94. The van der Waals surface area contributed by atoms with E-state index in [-0.39, 0.29) is 0 Å². The van der Waals surface area contributed by atoms with E-state index < -0.39 is 0 Å². The van der Waals surface area contributed by atoms with Crippen LogP contribution in [-0.2, 0) is 6.42 Å². The summed E-state index contributed by atoms with van der Waals surface area (Å²) in [4.78, 5) is 4.17. The highest BCUT2D eigenvalue weighted by Gasteiger charge is 1.98. The molecule has 0 aliphatic heterocycles. The van der Waals surface area contributed by atoms with Crippen molar-refractivity contribution in [2.75, 3.05) is 13.3 Å². The van der Waals surface area contributed by atoms with Crippen LogP contribution >= 0.6 is 23.4 Å². The Morgan fingerprint density at radius 3 is 2.46 bits per heavy atom. The number of thioether (sulfide) groups is 1. The monoisotopic (exact) mass is 213 g/mol.